The zero-order valence-electron chi connectivity index (χ0n) is 10.9. The van der Waals surface area contributed by atoms with Gasteiger partial charge in [0.15, 0.2) is 0 Å². The smallest absolute Gasteiger partial charge is 0.0934 e. The number of nitrogens with zero attached hydrogens (tertiary/aromatic N) is 1. The monoisotopic (exact) mass is 345 g/mol. The van der Waals surface area contributed by atoms with Gasteiger partial charge in [-0.15, -0.1) is 11.3 Å². The van der Waals surface area contributed by atoms with Gasteiger partial charge in [0.05, 0.1) is 10.4 Å². The minimum atomic E-state index is 0.339. The zero-order chi connectivity index (χ0) is 14.5. The molecule has 0 fully saturated rings. The van der Waals surface area contributed by atoms with E-state index in [0.29, 0.717) is 11.1 Å². The lowest BCUT2D eigenvalue weighted by atomic mass is 10.1. The van der Waals surface area contributed by atoms with Crippen molar-refractivity contribution in [3.8, 4) is 0 Å². The zero-order valence-corrected chi connectivity index (χ0v) is 14.0. The highest BCUT2D eigenvalue weighted by atomic mass is 35.5. The maximum Gasteiger partial charge on any atom is 0.0934 e. The molecule has 1 nitrogen and oxygen atoms in total. The highest BCUT2D eigenvalue weighted by molar-refractivity contribution is 7.17. The van der Waals surface area contributed by atoms with Crippen molar-refractivity contribution in [2.24, 2.45) is 0 Å². The number of rotatable bonds is 4. The second-order valence-corrected chi connectivity index (χ2v) is 6.83. The summed E-state index contributed by atoms with van der Waals surface area (Å²) in [7, 11) is 2.07. The van der Waals surface area contributed by atoms with E-state index < -0.39 is 0 Å². The average Bonchev–Trinajstić information content (AvgIpc) is 2.97. The van der Waals surface area contributed by atoms with Gasteiger partial charge in [-0.25, -0.2) is 0 Å². The third-order valence-electron chi connectivity index (χ3n) is 3.01. The predicted octanol–water partition coefficient (Wildman–Crippen LogP) is 5.88. The number of halogens is 3. The Labute approximate surface area is 138 Å². The van der Waals surface area contributed by atoms with Gasteiger partial charge in [-0.3, -0.25) is 0 Å². The molecule has 1 unspecified atom stereocenters. The Hall–Kier alpha value is -0.670. The summed E-state index contributed by atoms with van der Waals surface area (Å²) < 4.78 is 0.824. The minimum absolute atomic E-state index is 0.339. The van der Waals surface area contributed by atoms with E-state index in [1.54, 1.807) is 17.4 Å². The van der Waals surface area contributed by atoms with E-state index in [-0.39, 0.29) is 0 Å². The van der Waals surface area contributed by atoms with Crippen LogP contribution in [0.25, 0.3) is 5.57 Å². The lowest BCUT2D eigenvalue weighted by molar-refractivity contribution is 0.416. The number of hydrogen-bond acceptors (Lipinski definition) is 2. The van der Waals surface area contributed by atoms with Crippen molar-refractivity contribution in [3.05, 3.63) is 62.4 Å². The molecular formula is C15H14Cl3NS. The molecular weight excluding hydrogens is 333 g/mol. The predicted molar refractivity (Wildman–Crippen MR) is 91.5 cm³/mol. The van der Waals surface area contributed by atoms with Gasteiger partial charge in [0, 0.05) is 28.7 Å². The van der Waals surface area contributed by atoms with Crippen molar-refractivity contribution in [2.45, 2.75) is 12.5 Å². The molecule has 0 radical (unpaired) electrons. The van der Waals surface area contributed by atoms with Crippen LogP contribution in [0, 0.1) is 0 Å². The van der Waals surface area contributed by atoms with Crippen LogP contribution in [-0.4, -0.2) is 18.0 Å². The Morgan fingerprint density at radius 3 is 2.90 bits per heavy atom. The van der Waals surface area contributed by atoms with Crippen LogP contribution in [0.15, 0.2) is 53.2 Å². The van der Waals surface area contributed by atoms with Crippen molar-refractivity contribution in [1.29, 1.82) is 0 Å². The number of allylic oxidation sites excluding steroid dienone is 4. The molecule has 1 atom stereocenters. The molecule has 0 aromatic carbocycles. The van der Waals surface area contributed by atoms with Crippen LogP contribution in [0.5, 0.6) is 0 Å². The van der Waals surface area contributed by atoms with Crippen molar-refractivity contribution >= 4 is 51.7 Å². The van der Waals surface area contributed by atoms with Crippen LogP contribution >= 0.6 is 46.1 Å². The molecule has 2 heterocycles. The molecule has 1 aromatic rings. The number of hydrogen-bond donors (Lipinski definition) is 0. The van der Waals surface area contributed by atoms with Gasteiger partial charge in [0.25, 0.3) is 0 Å². The van der Waals surface area contributed by atoms with Crippen molar-refractivity contribution in [2.75, 3.05) is 7.05 Å². The van der Waals surface area contributed by atoms with Crippen LogP contribution in [0.1, 0.15) is 11.3 Å². The highest BCUT2D eigenvalue weighted by Gasteiger charge is 2.20. The molecule has 1 aromatic heterocycles. The van der Waals surface area contributed by atoms with Crippen LogP contribution in [0.4, 0.5) is 0 Å². The molecule has 106 valence electrons. The molecule has 20 heavy (non-hydrogen) atoms. The van der Waals surface area contributed by atoms with Gasteiger partial charge < -0.3 is 4.90 Å². The molecule has 5 heteroatoms. The Morgan fingerprint density at radius 1 is 1.45 bits per heavy atom. The van der Waals surface area contributed by atoms with E-state index in [0.717, 1.165) is 10.8 Å². The number of likely N-dealkylation sites (N-methyl/N-ethyl adjacent to an activating group) is 1. The summed E-state index contributed by atoms with van der Waals surface area (Å²) >= 11 is 19.0. The lowest BCUT2D eigenvalue weighted by Gasteiger charge is -2.16. The molecule has 0 spiro atoms. The first kappa shape index (κ1) is 15.7. The van der Waals surface area contributed by atoms with Crippen LogP contribution < -0.4 is 0 Å². The molecule has 0 saturated carbocycles. The van der Waals surface area contributed by atoms with Gasteiger partial charge >= 0.3 is 0 Å². The summed E-state index contributed by atoms with van der Waals surface area (Å²) in [4.78, 5) is 3.43. The van der Waals surface area contributed by atoms with E-state index in [1.807, 2.05) is 18.2 Å². The Kier molecular flexibility index (Phi) is 5.79. The minimum Gasteiger partial charge on any atom is -0.373 e. The first-order valence-corrected chi connectivity index (χ1v) is 8.10. The van der Waals surface area contributed by atoms with E-state index in [9.17, 15) is 0 Å². The lowest BCUT2D eigenvalue weighted by Crippen LogP contribution is -2.19. The third kappa shape index (κ3) is 4.16. The maximum atomic E-state index is 5.98. The van der Waals surface area contributed by atoms with Crippen molar-refractivity contribution < 1.29 is 0 Å². The van der Waals surface area contributed by atoms with Crippen LogP contribution in [0.3, 0.4) is 0 Å². The Balaban J connectivity index is 2.01. The third-order valence-corrected chi connectivity index (χ3v) is 4.70. The molecule has 0 N–H and O–H groups in total. The van der Waals surface area contributed by atoms with Gasteiger partial charge in [-0.2, -0.15) is 0 Å². The van der Waals surface area contributed by atoms with Gasteiger partial charge in [0.2, 0.25) is 0 Å². The fourth-order valence-electron chi connectivity index (χ4n) is 2.01. The molecule has 2 rings (SSSR count). The van der Waals surface area contributed by atoms with Crippen molar-refractivity contribution in [1.82, 2.24) is 4.90 Å². The first-order chi connectivity index (χ1) is 9.60. The SMILES string of the molecule is CN1C=C(c2ccc(Cl)s2)CC1C=CC=C(Cl)C=CCl. The summed E-state index contributed by atoms with van der Waals surface area (Å²) in [5.41, 5.74) is 2.71. The van der Waals surface area contributed by atoms with E-state index in [2.05, 4.69) is 30.3 Å². The summed E-state index contributed by atoms with van der Waals surface area (Å²) in [6.45, 7) is 0. The van der Waals surface area contributed by atoms with Gasteiger partial charge in [-0.1, -0.05) is 47.0 Å². The molecule has 1 aliphatic rings. The maximum absolute atomic E-state index is 5.98. The Morgan fingerprint density at radius 2 is 2.25 bits per heavy atom. The Bertz CT molecular complexity index is 584. The van der Waals surface area contributed by atoms with Crippen LogP contribution in [0.2, 0.25) is 4.34 Å². The van der Waals surface area contributed by atoms with Gasteiger partial charge in [0.1, 0.15) is 0 Å². The molecule has 1 aliphatic heterocycles. The second-order valence-electron chi connectivity index (χ2n) is 4.42. The first-order valence-electron chi connectivity index (χ1n) is 6.09. The molecule has 0 saturated heterocycles. The topological polar surface area (TPSA) is 3.24 Å². The summed E-state index contributed by atoms with van der Waals surface area (Å²) in [6, 6.07) is 4.35. The van der Waals surface area contributed by atoms with Crippen LogP contribution in [-0.2, 0) is 0 Å². The molecule has 0 aliphatic carbocycles. The summed E-state index contributed by atoms with van der Waals surface area (Å²) in [6.07, 6.45) is 10.7. The van der Waals surface area contributed by atoms with E-state index in [1.165, 1.54) is 16.0 Å². The van der Waals surface area contributed by atoms with E-state index in [4.69, 9.17) is 34.8 Å². The number of thiophene rings is 1. The largest absolute Gasteiger partial charge is 0.373 e. The van der Waals surface area contributed by atoms with Gasteiger partial charge in [-0.05, 0) is 36.3 Å². The summed E-state index contributed by atoms with van der Waals surface area (Å²) in [5, 5.41) is 0.607. The van der Waals surface area contributed by atoms with E-state index >= 15 is 0 Å². The molecule has 0 bridgehead atoms. The second kappa shape index (κ2) is 7.37. The van der Waals surface area contributed by atoms with Crippen molar-refractivity contribution in [3.63, 3.8) is 0 Å². The quantitative estimate of drug-likeness (QED) is 0.615. The standard InChI is InChI=1S/C15H14Cl3NS/c1-19-10-11(14-5-6-15(18)20-14)9-13(19)4-2-3-12(17)7-8-16/h2-8,10,13H,9H2,1H3. The fourth-order valence-corrected chi connectivity index (χ4v) is 3.41. The average molecular weight is 347 g/mol. The fraction of sp³-hybridized carbons (Fsp3) is 0.200. The summed E-state index contributed by atoms with van der Waals surface area (Å²) in [5.74, 6) is 0. The highest BCUT2D eigenvalue weighted by Crippen LogP contribution is 2.35. The molecule has 0 amide bonds. The normalized spacial score (nSPS) is 20.4.